The summed E-state index contributed by atoms with van der Waals surface area (Å²) in [6.45, 7) is 10.6. The van der Waals surface area contributed by atoms with Gasteiger partial charge in [0.15, 0.2) is 11.6 Å². The number of rotatable bonds is 2. The van der Waals surface area contributed by atoms with Gasteiger partial charge in [-0.2, -0.15) is 0 Å². The van der Waals surface area contributed by atoms with E-state index < -0.39 is 5.92 Å². The molecule has 1 aliphatic rings. The van der Waals surface area contributed by atoms with Gasteiger partial charge in [-0.25, -0.2) is 0 Å². The number of benzene rings is 3. The summed E-state index contributed by atoms with van der Waals surface area (Å²) < 4.78 is 5.54. The van der Waals surface area contributed by atoms with Crippen molar-refractivity contribution in [3.63, 3.8) is 0 Å². The van der Waals surface area contributed by atoms with E-state index in [2.05, 4.69) is 57.2 Å². The Balaban J connectivity index is 1.55. The Kier molecular flexibility index (Phi) is 3.85. The second-order valence-electron chi connectivity index (χ2n) is 9.43. The Morgan fingerprint density at radius 3 is 1.70 bits per heavy atom. The Morgan fingerprint density at radius 1 is 0.733 bits per heavy atom. The second-order valence-corrected chi connectivity index (χ2v) is 9.43. The fourth-order valence-electron chi connectivity index (χ4n) is 4.77. The molecular weight excluding hydrogens is 372 g/mol. The standard InChI is InChI=1S/C27H24O3/c1-14-12-17(16-6-8-18(9-7-16)27(3,4)5)13-15(2)21(14)24-25(28)22-19-10-11-20(30-19)23(22)26(24)29/h6-13,24H,1-5H3. The van der Waals surface area contributed by atoms with Crippen LogP contribution < -0.4 is 0 Å². The van der Waals surface area contributed by atoms with Crippen LogP contribution in [0.5, 0.6) is 0 Å². The number of hydrogen-bond acceptors (Lipinski definition) is 3. The molecule has 150 valence electrons. The number of fused-ring (bicyclic) bond motifs is 5. The van der Waals surface area contributed by atoms with E-state index in [9.17, 15) is 9.59 Å². The van der Waals surface area contributed by atoms with Gasteiger partial charge in [0, 0.05) is 0 Å². The first kappa shape index (κ1) is 18.8. The fraction of sp³-hybridized carbons (Fsp3) is 0.259. The van der Waals surface area contributed by atoms with Crippen LogP contribution in [-0.2, 0) is 5.41 Å². The Hall–Kier alpha value is -3.20. The van der Waals surface area contributed by atoms with Crippen molar-refractivity contribution in [2.24, 2.45) is 0 Å². The number of hydrogen-bond donors (Lipinski definition) is 0. The molecule has 2 heterocycles. The lowest BCUT2D eigenvalue weighted by atomic mass is 9.84. The van der Waals surface area contributed by atoms with Crippen molar-refractivity contribution >= 4 is 22.7 Å². The number of carbonyl (C=O) groups is 2. The van der Waals surface area contributed by atoms with E-state index in [1.54, 1.807) is 12.1 Å². The van der Waals surface area contributed by atoms with Crippen molar-refractivity contribution < 1.29 is 14.0 Å². The zero-order valence-corrected chi connectivity index (χ0v) is 17.9. The summed E-state index contributed by atoms with van der Waals surface area (Å²) in [5.41, 5.74) is 8.36. The molecule has 2 aromatic heterocycles. The summed E-state index contributed by atoms with van der Waals surface area (Å²) in [6.07, 6.45) is 0. The summed E-state index contributed by atoms with van der Waals surface area (Å²) >= 11 is 0. The van der Waals surface area contributed by atoms with Crippen LogP contribution in [0.25, 0.3) is 22.3 Å². The molecule has 0 fully saturated rings. The predicted octanol–water partition coefficient (Wildman–Crippen LogP) is 6.61. The molecule has 0 saturated carbocycles. The number of Topliss-reactive ketones (excluding diaryl/α,β-unsaturated/α-hetero) is 2. The molecule has 3 nitrogen and oxygen atoms in total. The van der Waals surface area contributed by atoms with Crippen LogP contribution in [0.3, 0.4) is 0 Å². The Bertz CT molecular complexity index is 1250. The molecule has 2 aromatic carbocycles. The van der Waals surface area contributed by atoms with Crippen LogP contribution >= 0.6 is 0 Å². The van der Waals surface area contributed by atoms with E-state index in [1.165, 1.54) is 5.56 Å². The lowest BCUT2D eigenvalue weighted by molar-refractivity contribution is 0.0889. The molecule has 5 rings (SSSR count). The maximum atomic E-state index is 13.2. The molecule has 2 bridgehead atoms. The van der Waals surface area contributed by atoms with Crippen LogP contribution in [0, 0.1) is 13.8 Å². The quantitative estimate of drug-likeness (QED) is 0.358. The smallest absolute Gasteiger partial charge is 0.182 e. The van der Waals surface area contributed by atoms with Gasteiger partial charge in [-0.15, -0.1) is 0 Å². The summed E-state index contributed by atoms with van der Waals surface area (Å²) in [5.74, 6) is -1.04. The molecule has 0 radical (unpaired) electrons. The van der Waals surface area contributed by atoms with Gasteiger partial charge in [0.25, 0.3) is 0 Å². The first-order valence-corrected chi connectivity index (χ1v) is 10.3. The largest absolute Gasteiger partial charge is 0.456 e. The molecule has 0 unspecified atom stereocenters. The minimum atomic E-state index is -0.763. The van der Waals surface area contributed by atoms with E-state index >= 15 is 0 Å². The van der Waals surface area contributed by atoms with E-state index in [-0.39, 0.29) is 17.0 Å². The maximum Gasteiger partial charge on any atom is 0.182 e. The molecule has 0 aliphatic heterocycles. The normalized spacial score (nSPS) is 14.8. The highest BCUT2D eigenvalue weighted by Crippen LogP contribution is 2.44. The Labute approximate surface area is 176 Å². The lowest BCUT2D eigenvalue weighted by Gasteiger charge is -2.20. The van der Waals surface area contributed by atoms with Gasteiger partial charge in [0.1, 0.15) is 17.1 Å². The van der Waals surface area contributed by atoms with Gasteiger partial charge in [-0.05, 0) is 64.8 Å². The molecule has 3 heteroatoms. The van der Waals surface area contributed by atoms with Gasteiger partial charge in [-0.1, -0.05) is 57.2 Å². The fourth-order valence-corrected chi connectivity index (χ4v) is 4.77. The van der Waals surface area contributed by atoms with Crippen LogP contribution in [0.2, 0.25) is 0 Å². The van der Waals surface area contributed by atoms with Crippen LogP contribution in [0.15, 0.2) is 52.9 Å². The average molecular weight is 396 g/mol. The van der Waals surface area contributed by atoms with E-state index in [1.807, 2.05) is 13.8 Å². The van der Waals surface area contributed by atoms with Crippen LogP contribution in [0.4, 0.5) is 0 Å². The first-order chi connectivity index (χ1) is 14.2. The molecule has 0 amide bonds. The summed E-state index contributed by atoms with van der Waals surface area (Å²) in [5, 5.41) is 0. The van der Waals surface area contributed by atoms with Crippen molar-refractivity contribution in [3.05, 3.63) is 81.9 Å². The van der Waals surface area contributed by atoms with E-state index in [4.69, 9.17) is 4.42 Å². The van der Waals surface area contributed by atoms with Crippen LogP contribution in [-0.4, -0.2) is 11.6 Å². The topological polar surface area (TPSA) is 47.3 Å². The molecule has 0 saturated heterocycles. The lowest BCUT2D eigenvalue weighted by Crippen LogP contribution is -2.16. The SMILES string of the molecule is Cc1cc(-c2ccc(C(C)(C)C)cc2)cc(C)c1C1C(=O)c2c(c3ccc2o3)C1=O. The first-order valence-electron chi connectivity index (χ1n) is 10.3. The minimum absolute atomic E-state index is 0.110. The third-order valence-corrected chi connectivity index (χ3v) is 6.33. The summed E-state index contributed by atoms with van der Waals surface area (Å²) in [6, 6.07) is 16.3. The van der Waals surface area contributed by atoms with Gasteiger partial charge in [0.05, 0.1) is 11.1 Å². The van der Waals surface area contributed by atoms with Crippen molar-refractivity contribution in [1.82, 2.24) is 0 Å². The second kappa shape index (κ2) is 6.15. The summed E-state index contributed by atoms with van der Waals surface area (Å²) in [4.78, 5) is 26.3. The number of furan rings is 2. The molecule has 4 aromatic rings. The third-order valence-electron chi connectivity index (χ3n) is 6.33. The van der Waals surface area contributed by atoms with E-state index in [0.717, 1.165) is 27.8 Å². The van der Waals surface area contributed by atoms with E-state index in [0.29, 0.717) is 22.3 Å². The zero-order chi connectivity index (χ0) is 21.4. The highest BCUT2D eigenvalue weighted by molar-refractivity contribution is 6.35. The molecule has 0 N–H and O–H groups in total. The zero-order valence-electron chi connectivity index (χ0n) is 17.9. The third kappa shape index (κ3) is 2.58. The van der Waals surface area contributed by atoms with Gasteiger partial charge >= 0.3 is 0 Å². The van der Waals surface area contributed by atoms with Gasteiger partial charge < -0.3 is 4.42 Å². The van der Waals surface area contributed by atoms with Crippen molar-refractivity contribution in [2.45, 2.75) is 46.0 Å². The molecule has 1 aliphatic carbocycles. The molecular formula is C27H24O3. The van der Waals surface area contributed by atoms with Crippen LogP contribution in [0.1, 0.15) is 69.7 Å². The van der Waals surface area contributed by atoms with Crippen molar-refractivity contribution in [3.8, 4) is 11.1 Å². The summed E-state index contributed by atoms with van der Waals surface area (Å²) in [7, 11) is 0. The maximum absolute atomic E-state index is 13.2. The highest BCUT2D eigenvalue weighted by atomic mass is 16.3. The monoisotopic (exact) mass is 396 g/mol. The molecule has 0 atom stereocenters. The number of aryl methyl sites for hydroxylation is 2. The van der Waals surface area contributed by atoms with Crippen molar-refractivity contribution in [2.75, 3.05) is 0 Å². The predicted molar refractivity (Wildman–Crippen MR) is 119 cm³/mol. The Morgan fingerprint density at radius 2 is 1.23 bits per heavy atom. The molecule has 0 spiro atoms. The minimum Gasteiger partial charge on any atom is -0.456 e. The van der Waals surface area contributed by atoms with Crippen molar-refractivity contribution in [1.29, 1.82) is 0 Å². The number of ketones is 2. The molecule has 30 heavy (non-hydrogen) atoms. The van der Waals surface area contributed by atoms with Gasteiger partial charge in [0.2, 0.25) is 0 Å². The van der Waals surface area contributed by atoms with Gasteiger partial charge in [-0.3, -0.25) is 9.59 Å². The highest BCUT2D eigenvalue weighted by Gasteiger charge is 2.45. The number of carbonyl (C=O) groups excluding carboxylic acids is 2. The average Bonchev–Trinajstić information content (AvgIpc) is 3.36.